The molecule has 0 N–H and O–H groups in total. The standard InChI is InChI=1S/C20H18BrN3O4/c1-12(20(26)27-3)28-16-6-4-5-14(9-16)11-22-24-13(2)23-18-8-7-15(21)10-17(18)19(24)25/h4-12H,1-3H3/t12-/m1/s1. The molecule has 144 valence electrons. The molecule has 1 atom stereocenters. The Labute approximate surface area is 169 Å². The van der Waals surface area contributed by atoms with Gasteiger partial charge in [0.2, 0.25) is 0 Å². The maximum Gasteiger partial charge on any atom is 0.346 e. The summed E-state index contributed by atoms with van der Waals surface area (Å²) in [5.74, 6) is 0.504. The van der Waals surface area contributed by atoms with Crippen molar-refractivity contribution >= 4 is 39.0 Å². The van der Waals surface area contributed by atoms with Gasteiger partial charge in [-0.1, -0.05) is 28.1 Å². The minimum absolute atomic E-state index is 0.258. The van der Waals surface area contributed by atoms with Crippen LogP contribution in [0.1, 0.15) is 18.3 Å². The molecule has 0 amide bonds. The average Bonchev–Trinajstić information content (AvgIpc) is 2.68. The molecular formula is C20H18BrN3O4. The number of halogens is 1. The number of methoxy groups -OCH3 is 1. The molecule has 7 nitrogen and oxygen atoms in total. The van der Waals surface area contributed by atoms with Gasteiger partial charge in [0.1, 0.15) is 11.6 Å². The summed E-state index contributed by atoms with van der Waals surface area (Å²) in [6, 6.07) is 12.4. The monoisotopic (exact) mass is 443 g/mol. The van der Waals surface area contributed by atoms with E-state index in [2.05, 4.69) is 30.8 Å². The van der Waals surface area contributed by atoms with Crippen LogP contribution >= 0.6 is 15.9 Å². The molecule has 0 radical (unpaired) electrons. The summed E-state index contributed by atoms with van der Waals surface area (Å²) in [6.45, 7) is 3.33. The molecule has 28 heavy (non-hydrogen) atoms. The number of fused-ring (bicyclic) bond motifs is 1. The number of benzene rings is 2. The predicted octanol–water partition coefficient (Wildman–Crippen LogP) is 3.29. The van der Waals surface area contributed by atoms with Gasteiger partial charge in [0.15, 0.2) is 6.10 Å². The van der Waals surface area contributed by atoms with Crippen LogP contribution in [0.25, 0.3) is 10.9 Å². The quantitative estimate of drug-likeness (QED) is 0.446. The van der Waals surface area contributed by atoms with Gasteiger partial charge in [0.05, 0.1) is 24.2 Å². The van der Waals surface area contributed by atoms with Crippen molar-refractivity contribution in [2.24, 2.45) is 5.10 Å². The summed E-state index contributed by atoms with van der Waals surface area (Å²) >= 11 is 3.37. The number of aromatic nitrogens is 2. The van der Waals surface area contributed by atoms with E-state index in [0.717, 1.165) is 4.47 Å². The second kappa shape index (κ2) is 8.35. The van der Waals surface area contributed by atoms with Crippen LogP contribution in [0.15, 0.2) is 56.8 Å². The maximum atomic E-state index is 12.8. The highest BCUT2D eigenvalue weighted by Crippen LogP contribution is 2.16. The molecule has 0 saturated carbocycles. The zero-order chi connectivity index (χ0) is 20.3. The van der Waals surface area contributed by atoms with Gasteiger partial charge in [-0.3, -0.25) is 4.79 Å². The van der Waals surface area contributed by atoms with E-state index in [1.54, 1.807) is 44.2 Å². The van der Waals surface area contributed by atoms with Crippen molar-refractivity contribution in [3.05, 3.63) is 68.7 Å². The summed E-state index contributed by atoms with van der Waals surface area (Å²) in [5.41, 5.74) is 1.06. The molecule has 2 aromatic carbocycles. The molecule has 0 fully saturated rings. The molecule has 0 spiro atoms. The van der Waals surface area contributed by atoms with Gasteiger partial charge >= 0.3 is 5.97 Å². The third-order valence-corrected chi connectivity index (χ3v) is 4.49. The number of hydrogen-bond donors (Lipinski definition) is 0. The fourth-order valence-corrected chi connectivity index (χ4v) is 2.97. The smallest absolute Gasteiger partial charge is 0.346 e. The number of aryl methyl sites for hydroxylation is 1. The van der Waals surface area contributed by atoms with E-state index >= 15 is 0 Å². The van der Waals surface area contributed by atoms with E-state index < -0.39 is 12.1 Å². The number of nitrogens with zero attached hydrogens (tertiary/aromatic N) is 3. The molecule has 0 saturated heterocycles. The van der Waals surface area contributed by atoms with Gasteiger partial charge in [0.25, 0.3) is 5.56 Å². The van der Waals surface area contributed by atoms with E-state index in [0.29, 0.717) is 28.0 Å². The average molecular weight is 444 g/mol. The van der Waals surface area contributed by atoms with Crippen molar-refractivity contribution in [1.29, 1.82) is 0 Å². The Hall–Kier alpha value is -3.00. The number of rotatable bonds is 5. The van der Waals surface area contributed by atoms with Gasteiger partial charge in [-0.25, -0.2) is 9.78 Å². The van der Waals surface area contributed by atoms with Crippen LogP contribution in [0.5, 0.6) is 5.75 Å². The number of ether oxygens (including phenoxy) is 2. The van der Waals surface area contributed by atoms with Gasteiger partial charge < -0.3 is 9.47 Å². The third-order valence-electron chi connectivity index (χ3n) is 4.00. The molecule has 0 bridgehead atoms. The van der Waals surface area contributed by atoms with E-state index in [-0.39, 0.29) is 5.56 Å². The molecular weight excluding hydrogens is 426 g/mol. The number of hydrogen-bond acceptors (Lipinski definition) is 6. The van der Waals surface area contributed by atoms with Crippen LogP contribution in [0.4, 0.5) is 0 Å². The molecule has 0 aliphatic heterocycles. The van der Waals surface area contributed by atoms with Gasteiger partial charge in [-0.2, -0.15) is 9.78 Å². The van der Waals surface area contributed by atoms with Crippen molar-refractivity contribution < 1.29 is 14.3 Å². The predicted molar refractivity (Wildman–Crippen MR) is 110 cm³/mol. The van der Waals surface area contributed by atoms with E-state index in [1.165, 1.54) is 18.0 Å². The Morgan fingerprint density at radius 2 is 2.07 bits per heavy atom. The molecule has 1 heterocycles. The Balaban J connectivity index is 1.91. The first-order valence-electron chi connectivity index (χ1n) is 8.47. The number of carbonyl (C=O) groups is 1. The summed E-state index contributed by atoms with van der Waals surface area (Å²) in [5, 5.41) is 4.75. The first-order valence-corrected chi connectivity index (χ1v) is 9.26. The molecule has 3 aromatic rings. The fraction of sp³-hybridized carbons (Fsp3) is 0.200. The lowest BCUT2D eigenvalue weighted by Gasteiger charge is -2.12. The summed E-state index contributed by atoms with van der Waals surface area (Å²) < 4.78 is 12.3. The minimum Gasteiger partial charge on any atom is -0.479 e. The molecule has 8 heteroatoms. The van der Waals surface area contributed by atoms with Crippen LogP contribution in [-0.4, -0.2) is 35.1 Å². The van der Waals surface area contributed by atoms with Crippen molar-refractivity contribution in [3.63, 3.8) is 0 Å². The Morgan fingerprint density at radius 3 is 2.82 bits per heavy atom. The van der Waals surface area contributed by atoms with Crippen LogP contribution in [0.3, 0.4) is 0 Å². The Bertz CT molecular complexity index is 1120. The van der Waals surface area contributed by atoms with Gasteiger partial charge in [0, 0.05) is 4.47 Å². The molecule has 3 rings (SSSR count). The van der Waals surface area contributed by atoms with Crippen molar-refractivity contribution in [3.8, 4) is 5.75 Å². The minimum atomic E-state index is -0.731. The lowest BCUT2D eigenvalue weighted by molar-refractivity contribution is -0.147. The van der Waals surface area contributed by atoms with Crippen molar-refractivity contribution in [1.82, 2.24) is 9.66 Å². The molecule has 0 aliphatic rings. The van der Waals surface area contributed by atoms with Crippen molar-refractivity contribution in [2.45, 2.75) is 20.0 Å². The van der Waals surface area contributed by atoms with Crippen molar-refractivity contribution in [2.75, 3.05) is 7.11 Å². The highest BCUT2D eigenvalue weighted by atomic mass is 79.9. The first-order chi connectivity index (χ1) is 13.4. The number of carbonyl (C=O) groups excluding carboxylic acids is 1. The maximum absolute atomic E-state index is 12.8. The van der Waals surface area contributed by atoms with Crippen LogP contribution in [0.2, 0.25) is 0 Å². The lowest BCUT2D eigenvalue weighted by Crippen LogP contribution is -2.24. The second-order valence-electron chi connectivity index (χ2n) is 6.04. The first kappa shape index (κ1) is 19.8. The van der Waals surface area contributed by atoms with Crippen LogP contribution in [0, 0.1) is 6.92 Å². The second-order valence-corrected chi connectivity index (χ2v) is 6.95. The lowest BCUT2D eigenvalue weighted by atomic mass is 10.2. The van der Waals surface area contributed by atoms with Crippen LogP contribution in [-0.2, 0) is 9.53 Å². The largest absolute Gasteiger partial charge is 0.479 e. The Morgan fingerprint density at radius 1 is 1.29 bits per heavy atom. The third kappa shape index (κ3) is 4.28. The van der Waals surface area contributed by atoms with Gasteiger partial charge in [-0.15, -0.1) is 0 Å². The molecule has 1 aromatic heterocycles. The van der Waals surface area contributed by atoms with E-state index in [9.17, 15) is 9.59 Å². The zero-order valence-corrected chi connectivity index (χ0v) is 17.1. The zero-order valence-electron chi connectivity index (χ0n) is 15.5. The van der Waals surface area contributed by atoms with Gasteiger partial charge in [-0.05, 0) is 49.7 Å². The summed E-state index contributed by atoms with van der Waals surface area (Å²) in [6.07, 6.45) is 0.806. The molecule has 0 aliphatic carbocycles. The topological polar surface area (TPSA) is 82.8 Å². The Kier molecular flexibility index (Phi) is 5.89. The SMILES string of the molecule is COC(=O)[C@@H](C)Oc1cccc(C=Nn2c(C)nc3ccc(Br)cc3c2=O)c1. The normalized spacial score (nSPS) is 12.3. The highest BCUT2D eigenvalue weighted by Gasteiger charge is 2.14. The summed E-state index contributed by atoms with van der Waals surface area (Å²) in [7, 11) is 1.31. The number of esters is 1. The van der Waals surface area contributed by atoms with Crippen LogP contribution < -0.4 is 10.3 Å². The summed E-state index contributed by atoms with van der Waals surface area (Å²) in [4.78, 5) is 28.7. The van der Waals surface area contributed by atoms with E-state index in [1.807, 2.05) is 12.1 Å². The van der Waals surface area contributed by atoms with E-state index in [4.69, 9.17) is 4.74 Å². The molecule has 0 unspecified atom stereocenters. The fourth-order valence-electron chi connectivity index (χ4n) is 2.61. The highest BCUT2D eigenvalue weighted by molar-refractivity contribution is 9.10.